The lowest BCUT2D eigenvalue weighted by atomic mass is 9.97. The first-order valence-corrected chi connectivity index (χ1v) is 6.08. The number of hydrogen-bond donors (Lipinski definition) is 1. The zero-order valence-electron chi connectivity index (χ0n) is 11.4. The molecule has 3 heteroatoms. The third kappa shape index (κ3) is 2.60. The molecule has 2 aromatic carbocycles. The summed E-state index contributed by atoms with van der Waals surface area (Å²) in [5.41, 5.74) is 9.50. The van der Waals surface area contributed by atoms with Crippen molar-refractivity contribution in [2.24, 2.45) is 0 Å². The lowest BCUT2D eigenvalue weighted by Gasteiger charge is -2.09. The number of methoxy groups -OCH3 is 1. The largest absolute Gasteiger partial charge is 0.496 e. The van der Waals surface area contributed by atoms with Crippen LogP contribution in [0.15, 0.2) is 36.4 Å². The van der Waals surface area contributed by atoms with E-state index in [-0.39, 0.29) is 5.78 Å². The van der Waals surface area contributed by atoms with Gasteiger partial charge in [0.25, 0.3) is 0 Å². The van der Waals surface area contributed by atoms with Crippen LogP contribution >= 0.6 is 0 Å². The van der Waals surface area contributed by atoms with Crippen LogP contribution < -0.4 is 10.5 Å². The lowest BCUT2D eigenvalue weighted by molar-refractivity contribution is 0.103. The molecule has 3 nitrogen and oxygen atoms in total. The Morgan fingerprint density at radius 3 is 2.42 bits per heavy atom. The quantitative estimate of drug-likeness (QED) is 0.677. The fourth-order valence-corrected chi connectivity index (χ4v) is 2.06. The monoisotopic (exact) mass is 255 g/mol. The summed E-state index contributed by atoms with van der Waals surface area (Å²) in [6.07, 6.45) is 0. The molecule has 0 aliphatic heterocycles. The van der Waals surface area contributed by atoms with Gasteiger partial charge in [0.05, 0.1) is 7.11 Å². The van der Waals surface area contributed by atoms with Crippen molar-refractivity contribution in [1.29, 1.82) is 0 Å². The van der Waals surface area contributed by atoms with Crippen molar-refractivity contribution < 1.29 is 9.53 Å². The van der Waals surface area contributed by atoms with Crippen LogP contribution in [0.1, 0.15) is 27.0 Å². The Hall–Kier alpha value is -2.29. The van der Waals surface area contributed by atoms with Gasteiger partial charge in [0.2, 0.25) is 0 Å². The smallest absolute Gasteiger partial charge is 0.193 e. The minimum absolute atomic E-state index is 0.0180. The number of rotatable bonds is 3. The van der Waals surface area contributed by atoms with Crippen LogP contribution in [0.5, 0.6) is 5.75 Å². The SMILES string of the molecule is COc1ccc(C(=O)c2cc(N)ccc2C)cc1C. The van der Waals surface area contributed by atoms with Crippen LogP contribution in [0.4, 0.5) is 5.69 Å². The molecule has 0 bridgehead atoms. The number of ether oxygens (including phenoxy) is 1. The van der Waals surface area contributed by atoms with Gasteiger partial charge in [-0.3, -0.25) is 4.79 Å². The van der Waals surface area contributed by atoms with Gasteiger partial charge in [0, 0.05) is 16.8 Å². The second-order valence-corrected chi connectivity index (χ2v) is 4.59. The molecular weight excluding hydrogens is 238 g/mol. The van der Waals surface area contributed by atoms with E-state index < -0.39 is 0 Å². The molecule has 0 aromatic heterocycles. The van der Waals surface area contributed by atoms with Crippen molar-refractivity contribution in [3.05, 3.63) is 58.7 Å². The highest BCUT2D eigenvalue weighted by Gasteiger charge is 2.13. The van der Waals surface area contributed by atoms with E-state index in [1.807, 2.05) is 32.0 Å². The van der Waals surface area contributed by atoms with Gasteiger partial charge < -0.3 is 10.5 Å². The maximum Gasteiger partial charge on any atom is 0.193 e. The third-order valence-corrected chi connectivity index (χ3v) is 3.16. The zero-order valence-corrected chi connectivity index (χ0v) is 11.4. The Bertz CT molecular complexity index is 633. The molecule has 0 unspecified atom stereocenters. The molecular formula is C16H17NO2. The summed E-state index contributed by atoms with van der Waals surface area (Å²) in [5, 5.41) is 0. The number of nitrogen functional groups attached to an aromatic ring is 1. The van der Waals surface area contributed by atoms with Crippen LogP contribution in [-0.4, -0.2) is 12.9 Å². The van der Waals surface area contributed by atoms with Gasteiger partial charge in [-0.15, -0.1) is 0 Å². The van der Waals surface area contributed by atoms with Gasteiger partial charge in [-0.2, -0.15) is 0 Å². The Morgan fingerprint density at radius 2 is 1.79 bits per heavy atom. The number of anilines is 1. The Kier molecular flexibility index (Phi) is 3.56. The van der Waals surface area contributed by atoms with Crippen molar-refractivity contribution in [3.8, 4) is 5.75 Å². The highest BCUT2D eigenvalue weighted by atomic mass is 16.5. The van der Waals surface area contributed by atoms with Crippen LogP contribution in [0.2, 0.25) is 0 Å². The summed E-state index contributed by atoms with van der Waals surface area (Å²) in [6.45, 7) is 3.82. The van der Waals surface area contributed by atoms with Gasteiger partial charge in [0.15, 0.2) is 5.78 Å². The van der Waals surface area contributed by atoms with E-state index in [0.717, 1.165) is 16.9 Å². The highest BCUT2D eigenvalue weighted by Crippen LogP contribution is 2.22. The number of carbonyl (C=O) groups excluding carboxylic acids is 1. The zero-order chi connectivity index (χ0) is 14.0. The van der Waals surface area contributed by atoms with E-state index in [4.69, 9.17) is 10.5 Å². The molecule has 0 saturated heterocycles. The molecule has 2 N–H and O–H groups in total. The third-order valence-electron chi connectivity index (χ3n) is 3.16. The van der Waals surface area contributed by atoms with Gasteiger partial charge in [-0.05, 0) is 55.3 Å². The number of nitrogens with two attached hydrogens (primary N) is 1. The maximum absolute atomic E-state index is 12.5. The summed E-state index contributed by atoms with van der Waals surface area (Å²) in [7, 11) is 1.62. The minimum Gasteiger partial charge on any atom is -0.496 e. The first-order valence-electron chi connectivity index (χ1n) is 6.08. The Balaban J connectivity index is 2.44. The van der Waals surface area contributed by atoms with Gasteiger partial charge in [-0.25, -0.2) is 0 Å². The van der Waals surface area contributed by atoms with Crippen molar-refractivity contribution in [3.63, 3.8) is 0 Å². The number of ketones is 1. The van der Waals surface area contributed by atoms with Crippen LogP contribution in [-0.2, 0) is 0 Å². The number of hydrogen-bond acceptors (Lipinski definition) is 3. The Labute approximate surface area is 113 Å². The van der Waals surface area contributed by atoms with E-state index in [1.54, 1.807) is 25.3 Å². The molecule has 0 fully saturated rings. The predicted octanol–water partition coefficient (Wildman–Crippen LogP) is 3.13. The summed E-state index contributed by atoms with van der Waals surface area (Å²) in [5.74, 6) is 0.761. The van der Waals surface area contributed by atoms with E-state index in [1.165, 1.54) is 0 Å². The van der Waals surface area contributed by atoms with Crippen LogP contribution in [0, 0.1) is 13.8 Å². The van der Waals surface area contributed by atoms with E-state index >= 15 is 0 Å². The number of benzene rings is 2. The summed E-state index contributed by atoms with van der Waals surface area (Å²) in [4.78, 5) is 12.5. The second-order valence-electron chi connectivity index (χ2n) is 4.59. The number of aryl methyl sites for hydroxylation is 2. The molecule has 0 amide bonds. The van der Waals surface area contributed by atoms with E-state index in [0.29, 0.717) is 16.8 Å². The van der Waals surface area contributed by atoms with Crippen LogP contribution in [0.25, 0.3) is 0 Å². The normalized spacial score (nSPS) is 10.3. The molecule has 0 aliphatic carbocycles. The van der Waals surface area contributed by atoms with E-state index in [2.05, 4.69) is 0 Å². The Morgan fingerprint density at radius 1 is 1.05 bits per heavy atom. The first-order chi connectivity index (χ1) is 9.02. The molecule has 2 aromatic rings. The average Bonchev–Trinajstić information content (AvgIpc) is 2.40. The molecule has 0 aliphatic rings. The number of carbonyl (C=O) groups is 1. The maximum atomic E-state index is 12.5. The van der Waals surface area contributed by atoms with Crippen molar-refractivity contribution in [1.82, 2.24) is 0 Å². The van der Waals surface area contributed by atoms with Crippen molar-refractivity contribution >= 4 is 11.5 Å². The molecule has 2 rings (SSSR count). The molecule has 0 heterocycles. The minimum atomic E-state index is -0.0180. The molecule has 0 saturated carbocycles. The molecule has 19 heavy (non-hydrogen) atoms. The predicted molar refractivity (Wildman–Crippen MR) is 76.8 cm³/mol. The fraction of sp³-hybridized carbons (Fsp3) is 0.188. The fourth-order valence-electron chi connectivity index (χ4n) is 2.06. The molecule has 98 valence electrons. The van der Waals surface area contributed by atoms with Crippen molar-refractivity contribution in [2.45, 2.75) is 13.8 Å². The van der Waals surface area contributed by atoms with Crippen LogP contribution in [0.3, 0.4) is 0 Å². The summed E-state index contributed by atoms with van der Waals surface area (Å²) < 4.78 is 5.20. The second kappa shape index (κ2) is 5.14. The average molecular weight is 255 g/mol. The highest BCUT2D eigenvalue weighted by molar-refractivity contribution is 6.10. The van der Waals surface area contributed by atoms with Gasteiger partial charge in [-0.1, -0.05) is 6.07 Å². The topological polar surface area (TPSA) is 52.3 Å². The molecule has 0 radical (unpaired) electrons. The van der Waals surface area contributed by atoms with E-state index in [9.17, 15) is 4.79 Å². The molecule has 0 spiro atoms. The summed E-state index contributed by atoms with van der Waals surface area (Å²) in [6, 6.07) is 10.8. The van der Waals surface area contributed by atoms with Gasteiger partial charge in [0.1, 0.15) is 5.75 Å². The lowest BCUT2D eigenvalue weighted by Crippen LogP contribution is -2.05. The standard InChI is InChI=1S/C16H17NO2/c1-10-4-6-13(17)9-14(10)16(18)12-5-7-15(19-3)11(2)8-12/h4-9H,17H2,1-3H3. The van der Waals surface area contributed by atoms with Crippen molar-refractivity contribution in [2.75, 3.05) is 12.8 Å². The first kappa shape index (κ1) is 13.1. The van der Waals surface area contributed by atoms with Gasteiger partial charge >= 0.3 is 0 Å². The summed E-state index contributed by atoms with van der Waals surface area (Å²) >= 11 is 0. The molecule has 0 atom stereocenters.